The summed E-state index contributed by atoms with van der Waals surface area (Å²) in [4.78, 5) is 29.1. The van der Waals surface area contributed by atoms with Crippen LogP contribution in [0.1, 0.15) is 10.4 Å². The number of carbonyl (C=O) groups is 2. The number of esters is 1. The molecule has 1 aliphatic heterocycles. The van der Waals surface area contributed by atoms with Gasteiger partial charge in [-0.3, -0.25) is 9.69 Å². The standard InChI is InChI=1S/C19H23N3O3S/c1-21-8-10-22(11-9-21)12-16(23)20-18-17(19(24)25-2)15(13-26-18)14-6-4-3-5-7-14/h3-7,13H,8-12H2,1-2H3,(H,20,23). The number of nitrogens with zero attached hydrogens (tertiary/aromatic N) is 2. The Morgan fingerprint density at radius 2 is 1.85 bits per heavy atom. The normalized spacial score (nSPS) is 15.6. The van der Waals surface area contributed by atoms with Crippen molar-refractivity contribution in [1.82, 2.24) is 9.80 Å². The van der Waals surface area contributed by atoms with Gasteiger partial charge in [0.15, 0.2) is 0 Å². The van der Waals surface area contributed by atoms with Gasteiger partial charge in [0.25, 0.3) is 0 Å². The number of benzene rings is 1. The third-order valence-corrected chi connectivity index (χ3v) is 5.38. The molecule has 1 fully saturated rings. The Balaban J connectivity index is 1.76. The van der Waals surface area contributed by atoms with Gasteiger partial charge >= 0.3 is 5.97 Å². The predicted molar refractivity (Wildman–Crippen MR) is 104 cm³/mol. The summed E-state index contributed by atoms with van der Waals surface area (Å²) in [6.45, 7) is 3.98. The summed E-state index contributed by atoms with van der Waals surface area (Å²) < 4.78 is 4.94. The highest BCUT2D eigenvalue weighted by Gasteiger charge is 2.23. The van der Waals surface area contributed by atoms with Crippen LogP contribution in [0.2, 0.25) is 0 Å². The number of rotatable bonds is 5. The van der Waals surface area contributed by atoms with E-state index in [1.54, 1.807) is 0 Å². The van der Waals surface area contributed by atoms with Crippen molar-refractivity contribution in [3.8, 4) is 11.1 Å². The molecule has 2 heterocycles. The van der Waals surface area contributed by atoms with Crippen LogP contribution in [0, 0.1) is 0 Å². The maximum atomic E-state index is 12.5. The number of nitrogens with one attached hydrogen (secondary N) is 1. The molecule has 1 aliphatic rings. The van der Waals surface area contributed by atoms with Gasteiger partial charge in [0, 0.05) is 37.1 Å². The zero-order valence-electron chi connectivity index (χ0n) is 15.0. The Bertz CT molecular complexity index is 768. The average Bonchev–Trinajstić information content (AvgIpc) is 3.07. The number of carbonyl (C=O) groups excluding carboxylic acids is 2. The van der Waals surface area contributed by atoms with E-state index in [2.05, 4.69) is 22.2 Å². The maximum Gasteiger partial charge on any atom is 0.341 e. The molecule has 1 amide bonds. The molecule has 3 rings (SSSR count). The van der Waals surface area contributed by atoms with Crippen molar-refractivity contribution >= 4 is 28.2 Å². The van der Waals surface area contributed by atoms with Crippen LogP contribution in [0.25, 0.3) is 11.1 Å². The number of thiophene rings is 1. The van der Waals surface area contributed by atoms with E-state index in [-0.39, 0.29) is 5.91 Å². The first kappa shape index (κ1) is 18.6. The van der Waals surface area contributed by atoms with Gasteiger partial charge in [0.2, 0.25) is 5.91 Å². The first-order chi connectivity index (χ1) is 12.6. The summed E-state index contributed by atoms with van der Waals surface area (Å²) >= 11 is 1.35. The lowest BCUT2D eigenvalue weighted by atomic mass is 10.0. The number of amides is 1. The van der Waals surface area contributed by atoms with E-state index in [0.717, 1.165) is 37.3 Å². The molecule has 2 aromatic rings. The van der Waals surface area contributed by atoms with Crippen molar-refractivity contribution < 1.29 is 14.3 Å². The Morgan fingerprint density at radius 3 is 2.50 bits per heavy atom. The van der Waals surface area contributed by atoms with Crippen LogP contribution in [-0.4, -0.2) is 68.6 Å². The summed E-state index contributed by atoms with van der Waals surface area (Å²) in [7, 11) is 3.43. The van der Waals surface area contributed by atoms with E-state index in [4.69, 9.17) is 4.74 Å². The molecule has 0 atom stereocenters. The highest BCUT2D eigenvalue weighted by molar-refractivity contribution is 7.15. The molecule has 26 heavy (non-hydrogen) atoms. The summed E-state index contributed by atoms with van der Waals surface area (Å²) in [5, 5.41) is 5.32. The molecule has 138 valence electrons. The Kier molecular flexibility index (Phi) is 6.03. The van der Waals surface area contributed by atoms with E-state index in [1.165, 1.54) is 18.4 Å². The first-order valence-corrected chi connectivity index (χ1v) is 9.42. The second kappa shape index (κ2) is 8.44. The molecule has 1 N–H and O–H groups in total. The van der Waals surface area contributed by atoms with Gasteiger partial charge in [-0.05, 0) is 12.6 Å². The summed E-state index contributed by atoms with van der Waals surface area (Å²) in [6, 6.07) is 9.63. The largest absolute Gasteiger partial charge is 0.465 e. The SMILES string of the molecule is COC(=O)c1c(-c2ccccc2)csc1NC(=O)CN1CCN(C)CC1. The molecule has 0 aliphatic carbocycles. The fourth-order valence-electron chi connectivity index (χ4n) is 2.96. The number of methoxy groups -OCH3 is 1. The lowest BCUT2D eigenvalue weighted by molar-refractivity contribution is -0.117. The second-order valence-corrected chi connectivity index (χ2v) is 7.22. The zero-order chi connectivity index (χ0) is 18.5. The average molecular weight is 373 g/mol. The molecule has 6 nitrogen and oxygen atoms in total. The van der Waals surface area contributed by atoms with E-state index in [9.17, 15) is 9.59 Å². The third kappa shape index (κ3) is 4.30. The van der Waals surface area contributed by atoms with E-state index in [0.29, 0.717) is 17.1 Å². The molecular weight excluding hydrogens is 350 g/mol. The highest BCUT2D eigenvalue weighted by Crippen LogP contribution is 2.36. The molecular formula is C19H23N3O3S. The van der Waals surface area contributed by atoms with Gasteiger partial charge in [-0.25, -0.2) is 4.79 Å². The van der Waals surface area contributed by atoms with Gasteiger partial charge in [0.05, 0.1) is 13.7 Å². The molecule has 0 unspecified atom stereocenters. The van der Waals surface area contributed by atoms with E-state index >= 15 is 0 Å². The summed E-state index contributed by atoms with van der Waals surface area (Å²) in [5.41, 5.74) is 2.11. The number of likely N-dealkylation sites (N-methyl/N-ethyl adjacent to an activating group) is 1. The Morgan fingerprint density at radius 1 is 1.15 bits per heavy atom. The Labute approximate surface area is 157 Å². The lowest BCUT2D eigenvalue weighted by Gasteiger charge is -2.31. The van der Waals surface area contributed by atoms with Crippen molar-refractivity contribution in [3.63, 3.8) is 0 Å². The van der Waals surface area contributed by atoms with Crippen LogP contribution >= 0.6 is 11.3 Å². The number of hydrogen-bond donors (Lipinski definition) is 1. The van der Waals surface area contributed by atoms with Crippen LogP contribution in [0.3, 0.4) is 0 Å². The number of piperazine rings is 1. The molecule has 0 radical (unpaired) electrons. The van der Waals surface area contributed by atoms with Crippen LogP contribution < -0.4 is 5.32 Å². The third-order valence-electron chi connectivity index (χ3n) is 4.48. The van der Waals surface area contributed by atoms with Crippen LogP contribution in [0.4, 0.5) is 5.00 Å². The highest BCUT2D eigenvalue weighted by atomic mass is 32.1. The first-order valence-electron chi connectivity index (χ1n) is 8.54. The monoisotopic (exact) mass is 373 g/mol. The van der Waals surface area contributed by atoms with Gasteiger partial charge in [0.1, 0.15) is 10.6 Å². The molecule has 0 bridgehead atoms. The minimum absolute atomic E-state index is 0.110. The van der Waals surface area contributed by atoms with Crippen molar-refractivity contribution in [2.75, 3.05) is 52.2 Å². The fourth-order valence-corrected chi connectivity index (χ4v) is 3.93. The van der Waals surface area contributed by atoms with E-state index < -0.39 is 5.97 Å². The Hall–Kier alpha value is -2.22. The minimum Gasteiger partial charge on any atom is -0.465 e. The molecule has 1 aromatic heterocycles. The topological polar surface area (TPSA) is 61.9 Å². The van der Waals surface area contributed by atoms with Crippen LogP contribution in [-0.2, 0) is 9.53 Å². The molecule has 1 saturated heterocycles. The van der Waals surface area contributed by atoms with Gasteiger partial charge in [-0.2, -0.15) is 0 Å². The maximum absolute atomic E-state index is 12.5. The van der Waals surface area contributed by atoms with Crippen molar-refractivity contribution in [3.05, 3.63) is 41.3 Å². The molecule has 7 heteroatoms. The lowest BCUT2D eigenvalue weighted by Crippen LogP contribution is -2.47. The number of ether oxygens (including phenoxy) is 1. The van der Waals surface area contributed by atoms with Crippen molar-refractivity contribution in [2.45, 2.75) is 0 Å². The summed E-state index contributed by atoms with van der Waals surface area (Å²) in [5.74, 6) is -0.554. The minimum atomic E-state index is -0.444. The van der Waals surface area contributed by atoms with Crippen molar-refractivity contribution in [2.24, 2.45) is 0 Å². The summed E-state index contributed by atoms with van der Waals surface area (Å²) in [6.07, 6.45) is 0. The van der Waals surface area contributed by atoms with Crippen LogP contribution in [0.15, 0.2) is 35.7 Å². The van der Waals surface area contributed by atoms with Gasteiger partial charge in [-0.1, -0.05) is 30.3 Å². The smallest absolute Gasteiger partial charge is 0.341 e. The zero-order valence-corrected chi connectivity index (χ0v) is 15.8. The number of anilines is 1. The molecule has 1 aromatic carbocycles. The quantitative estimate of drug-likeness (QED) is 0.816. The van der Waals surface area contributed by atoms with Crippen molar-refractivity contribution in [1.29, 1.82) is 0 Å². The predicted octanol–water partition coefficient (Wildman–Crippen LogP) is 2.39. The molecule has 0 saturated carbocycles. The van der Waals surface area contributed by atoms with Crippen LogP contribution in [0.5, 0.6) is 0 Å². The molecule has 0 spiro atoms. The number of hydrogen-bond acceptors (Lipinski definition) is 6. The van der Waals surface area contributed by atoms with E-state index in [1.807, 2.05) is 35.7 Å². The van der Waals surface area contributed by atoms with Gasteiger partial charge < -0.3 is 15.0 Å². The van der Waals surface area contributed by atoms with Gasteiger partial charge in [-0.15, -0.1) is 11.3 Å². The second-order valence-electron chi connectivity index (χ2n) is 6.34. The fraction of sp³-hybridized carbons (Fsp3) is 0.368.